The molecule has 1 aliphatic heterocycles. The number of carbonyl (C=O) groups is 1. The van der Waals surface area contributed by atoms with Crippen molar-refractivity contribution in [1.82, 2.24) is 10.2 Å². The Hall–Kier alpha value is -1.62. The number of alkyl halides is 1. The number of nitrogens with zero attached hydrogens (tertiary/aromatic N) is 1. The Balaban J connectivity index is 2.08. The van der Waals surface area contributed by atoms with Crippen LogP contribution in [0.5, 0.6) is 5.75 Å². The highest BCUT2D eigenvalue weighted by Crippen LogP contribution is 2.28. The quantitative estimate of drug-likeness (QED) is 0.793. The number of benzene rings is 1. The molecule has 1 heterocycles. The van der Waals surface area contributed by atoms with E-state index in [1.54, 1.807) is 13.2 Å². The molecular weight excluding hydrogens is 306 g/mol. The summed E-state index contributed by atoms with van der Waals surface area (Å²) in [6.07, 6.45) is 3.36. The number of ether oxygens (including phenoxy) is 1. The van der Waals surface area contributed by atoms with Gasteiger partial charge in [-0.1, -0.05) is 13.0 Å². The van der Waals surface area contributed by atoms with Crippen molar-refractivity contribution in [2.45, 2.75) is 45.1 Å². The van der Waals surface area contributed by atoms with E-state index < -0.39 is 0 Å². The average molecular weight is 335 g/mol. The van der Waals surface area contributed by atoms with Crippen molar-refractivity contribution in [2.24, 2.45) is 0 Å². The molecule has 1 amide bonds. The van der Waals surface area contributed by atoms with Crippen molar-refractivity contribution in [3.63, 3.8) is 0 Å². The highest BCUT2D eigenvalue weighted by molar-refractivity contribution is 5.97. The van der Waals surface area contributed by atoms with E-state index in [9.17, 15) is 9.18 Å². The van der Waals surface area contributed by atoms with Crippen LogP contribution in [-0.2, 0) is 6.42 Å². The molecule has 0 bridgehead atoms. The first-order valence-electron chi connectivity index (χ1n) is 8.80. The molecule has 4 nitrogen and oxygen atoms in total. The van der Waals surface area contributed by atoms with E-state index in [1.807, 2.05) is 12.1 Å². The molecule has 24 heavy (non-hydrogen) atoms. The lowest BCUT2D eigenvalue weighted by Crippen LogP contribution is -2.49. The minimum absolute atomic E-state index is 0.0173. The third kappa shape index (κ3) is 4.26. The van der Waals surface area contributed by atoms with Gasteiger partial charge in [-0.15, -0.1) is 0 Å². The fourth-order valence-corrected chi connectivity index (χ4v) is 3.54. The van der Waals surface area contributed by atoms with Crippen LogP contribution < -0.4 is 10.1 Å². The number of halogens is 1. The second kappa shape index (κ2) is 8.47. The summed E-state index contributed by atoms with van der Waals surface area (Å²) in [6, 6.07) is 5.50. The van der Waals surface area contributed by atoms with Gasteiger partial charge in [0.1, 0.15) is 5.75 Å². The van der Waals surface area contributed by atoms with Gasteiger partial charge in [0, 0.05) is 12.1 Å². The molecule has 0 aromatic heterocycles. The van der Waals surface area contributed by atoms with Crippen LogP contribution in [0.4, 0.5) is 4.39 Å². The lowest BCUT2D eigenvalue weighted by atomic mass is 9.98. The van der Waals surface area contributed by atoms with Crippen molar-refractivity contribution in [3.8, 4) is 5.75 Å². The van der Waals surface area contributed by atoms with E-state index in [4.69, 9.17) is 4.74 Å². The van der Waals surface area contributed by atoms with E-state index in [-0.39, 0.29) is 18.1 Å². The predicted molar refractivity (Wildman–Crippen MR) is 94.5 cm³/mol. The van der Waals surface area contributed by atoms with E-state index in [0.717, 1.165) is 25.1 Å². The third-order valence-electron chi connectivity index (χ3n) is 5.03. The first-order valence-corrected chi connectivity index (χ1v) is 8.80. The first kappa shape index (κ1) is 18.7. The number of aryl methyl sites for hydroxylation is 1. The Kier molecular flexibility index (Phi) is 6.60. The minimum atomic E-state index is -0.348. The summed E-state index contributed by atoms with van der Waals surface area (Å²) in [7, 11) is 1.56. The number of methoxy groups -OCH3 is 1. The number of rotatable bonds is 8. The molecule has 0 spiro atoms. The van der Waals surface area contributed by atoms with E-state index in [0.29, 0.717) is 30.7 Å². The molecule has 0 unspecified atom stereocenters. The Bertz CT molecular complexity index is 564. The molecular formula is C19H29FN2O2. The molecule has 0 aliphatic carbocycles. The standard InChI is InChI=1S/C19H29FN2O2/c1-4-22-12-6-10-19(22,2)14-21-18(23)16-13-15(7-5-11-20)8-9-17(16)24-3/h8-9,13H,4-7,10-12,14H2,1-3H3,(H,21,23)/t19-/m1/s1/i20-1. The molecule has 1 aromatic carbocycles. The predicted octanol–water partition coefficient (Wildman–Crippen LogP) is 3.20. The second-order valence-corrected chi connectivity index (χ2v) is 6.69. The van der Waals surface area contributed by atoms with Crippen molar-refractivity contribution >= 4 is 5.91 Å². The number of nitrogens with one attached hydrogen (secondary N) is 1. The third-order valence-corrected chi connectivity index (χ3v) is 5.03. The number of likely N-dealkylation sites (tertiary alicyclic amines) is 1. The highest BCUT2D eigenvalue weighted by atomic mass is 18.2. The molecule has 0 radical (unpaired) electrons. The Morgan fingerprint density at radius 3 is 2.92 bits per heavy atom. The molecule has 1 saturated heterocycles. The van der Waals surface area contributed by atoms with Gasteiger partial charge in [-0.2, -0.15) is 0 Å². The van der Waals surface area contributed by atoms with Gasteiger partial charge < -0.3 is 10.1 Å². The van der Waals surface area contributed by atoms with Crippen molar-refractivity contribution in [3.05, 3.63) is 29.3 Å². The van der Waals surface area contributed by atoms with Crippen molar-refractivity contribution < 1.29 is 13.9 Å². The van der Waals surface area contributed by atoms with Crippen LogP contribution in [0, 0.1) is 0 Å². The molecule has 134 valence electrons. The number of carbonyl (C=O) groups excluding carboxylic acids is 1. The Morgan fingerprint density at radius 1 is 1.46 bits per heavy atom. The van der Waals surface area contributed by atoms with Crippen LogP contribution in [0.1, 0.15) is 49.0 Å². The Labute approximate surface area is 144 Å². The van der Waals surface area contributed by atoms with Crippen LogP contribution in [0.3, 0.4) is 0 Å². The fourth-order valence-electron chi connectivity index (χ4n) is 3.54. The zero-order chi connectivity index (χ0) is 17.6. The van der Waals surface area contributed by atoms with Crippen LogP contribution >= 0.6 is 0 Å². The first-order chi connectivity index (χ1) is 11.5. The molecule has 2 rings (SSSR count). The monoisotopic (exact) mass is 335 g/mol. The summed E-state index contributed by atoms with van der Waals surface area (Å²) >= 11 is 0. The van der Waals surface area contributed by atoms with Crippen LogP contribution in [0.25, 0.3) is 0 Å². The fraction of sp³-hybridized carbons (Fsp3) is 0.632. The second-order valence-electron chi connectivity index (χ2n) is 6.69. The van der Waals surface area contributed by atoms with Crippen LogP contribution in [0.15, 0.2) is 18.2 Å². The van der Waals surface area contributed by atoms with Gasteiger partial charge in [0.2, 0.25) is 0 Å². The smallest absolute Gasteiger partial charge is 0.255 e. The maximum atomic E-state index is 12.7. The lowest BCUT2D eigenvalue weighted by molar-refractivity contribution is 0.0905. The van der Waals surface area contributed by atoms with E-state index in [1.165, 1.54) is 6.42 Å². The maximum absolute atomic E-state index is 12.7. The zero-order valence-corrected chi connectivity index (χ0v) is 15.0. The van der Waals surface area contributed by atoms with Gasteiger partial charge in [-0.25, -0.2) is 0 Å². The average Bonchev–Trinajstić information content (AvgIpc) is 2.98. The van der Waals surface area contributed by atoms with Gasteiger partial charge in [0.05, 0.1) is 19.3 Å². The van der Waals surface area contributed by atoms with Gasteiger partial charge in [-0.05, 0) is 63.4 Å². The van der Waals surface area contributed by atoms with Gasteiger partial charge >= 0.3 is 0 Å². The van der Waals surface area contributed by atoms with Crippen molar-refractivity contribution in [1.29, 1.82) is 0 Å². The Morgan fingerprint density at radius 2 is 2.25 bits per heavy atom. The number of hydrogen-bond acceptors (Lipinski definition) is 3. The summed E-state index contributed by atoms with van der Waals surface area (Å²) in [5, 5.41) is 3.07. The summed E-state index contributed by atoms with van der Waals surface area (Å²) in [6.45, 7) is 6.72. The minimum Gasteiger partial charge on any atom is -0.496 e. The summed E-state index contributed by atoms with van der Waals surface area (Å²) < 4.78 is 17.7. The van der Waals surface area contributed by atoms with E-state index >= 15 is 0 Å². The highest BCUT2D eigenvalue weighted by Gasteiger charge is 2.35. The molecule has 1 fully saturated rings. The summed E-state index contributed by atoms with van der Waals surface area (Å²) in [5.74, 6) is 0.429. The number of likely N-dealkylation sites (N-methyl/N-ethyl adjacent to an activating group) is 1. The molecule has 1 N–H and O–H groups in total. The van der Waals surface area contributed by atoms with Gasteiger partial charge in [-0.3, -0.25) is 14.1 Å². The summed E-state index contributed by atoms with van der Waals surface area (Å²) in [4.78, 5) is 15.1. The van der Waals surface area contributed by atoms with Crippen LogP contribution in [0.2, 0.25) is 0 Å². The normalized spacial score (nSPS) is 21.0. The molecule has 1 aliphatic rings. The van der Waals surface area contributed by atoms with Crippen molar-refractivity contribution in [2.75, 3.05) is 33.4 Å². The SMILES string of the molecule is CCN1CCC[C@]1(C)CNC(=O)c1cc(CCC[18F])ccc1OC. The largest absolute Gasteiger partial charge is 0.496 e. The molecule has 1 aromatic rings. The summed E-state index contributed by atoms with van der Waals surface area (Å²) in [5.41, 5.74) is 1.50. The maximum Gasteiger partial charge on any atom is 0.255 e. The molecule has 0 saturated carbocycles. The topological polar surface area (TPSA) is 41.6 Å². The molecule has 5 heteroatoms. The number of amides is 1. The van der Waals surface area contributed by atoms with E-state index in [2.05, 4.69) is 24.1 Å². The van der Waals surface area contributed by atoms with Gasteiger partial charge in [0.15, 0.2) is 0 Å². The lowest BCUT2D eigenvalue weighted by Gasteiger charge is -2.34. The zero-order valence-electron chi connectivity index (χ0n) is 15.0. The number of hydrogen-bond donors (Lipinski definition) is 1. The molecule has 1 atom stereocenters. The van der Waals surface area contributed by atoms with Crippen LogP contribution in [-0.4, -0.2) is 49.8 Å². The van der Waals surface area contributed by atoms with Gasteiger partial charge in [0.25, 0.3) is 5.91 Å².